The molecule has 1 aromatic carbocycles. The van der Waals surface area contributed by atoms with Crippen molar-refractivity contribution in [3.05, 3.63) is 29.8 Å². The Bertz CT molecular complexity index is 347. The molecule has 1 saturated carbocycles. The number of methoxy groups -OCH3 is 1. The van der Waals surface area contributed by atoms with E-state index in [2.05, 4.69) is 24.4 Å². The fraction of sp³-hybridized carbons (Fsp3) is 0.625. The Hall–Kier alpha value is -1.02. The molecular weight excluding hydrogens is 222 g/mol. The largest absolute Gasteiger partial charge is 0.497 e. The summed E-state index contributed by atoms with van der Waals surface area (Å²) in [4.78, 5) is 0. The minimum Gasteiger partial charge on any atom is -0.497 e. The summed E-state index contributed by atoms with van der Waals surface area (Å²) >= 11 is 0. The third-order valence-electron chi connectivity index (χ3n) is 4.11. The highest BCUT2D eigenvalue weighted by Gasteiger charge is 2.19. The summed E-state index contributed by atoms with van der Waals surface area (Å²) in [5.41, 5.74) is 1.34. The van der Waals surface area contributed by atoms with Gasteiger partial charge in [-0.15, -0.1) is 0 Å². The van der Waals surface area contributed by atoms with Crippen LogP contribution in [0.15, 0.2) is 24.3 Å². The first-order chi connectivity index (χ1) is 8.81. The van der Waals surface area contributed by atoms with Crippen molar-refractivity contribution in [2.45, 2.75) is 51.6 Å². The first-order valence-corrected chi connectivity index (χ1v) is 7.18. The zero-order chi connectivity index (χ0) is 12.8. The summed E-state index contributed by atoms with van der Waals surface area (Å²) in [6.45, 7) is 3.29. The lowest BCUT2D eigenvalue weighted by atomic mass is 9.84. The maximum atomic E-state index is 5.17. The van der Waals surface area contributed by atoms with Crippen molar-refractivity contribution in [2.24, 2.45) is 5.92 Å². The van der Waals surface area contributed by atoms with Crippen LogP contribution in [0.5, 0.6) is 5.75 Å². The molecule has 0 aliphatic heterocycles. The minimum absolute atomic E-state index is 0.714. The smallest absolute Gasteiger partial charge is 0.118 e. The molecule has 2 unspecified atom stereocenters. The topological polar surface area (TPSA) is 21.3 Å². The molecule has 2 heteroatoms. The van der Waals surface area contributed by atoms with Gasteiger partial charge in [0.1, 0.15) is 5.75 Å². The van der Waals surface area contributed by atoms with Gasteiger partial charge in [-0.3, -0.25) is 0 Å². The van der Waals surface area contributed by atoms with Crippen LogP contribution >= 0.6 is 0 Å². The van der Waals surface area contributed by atoms with E-state index in [-0.39, 0.29) is 0 Å². The lowest BCUT2D eigenvalue weighted by molar-refractivity contribution is 0.278. The van der Waals surface area contributed by atoms with Crippen LogP contribution in [0.25, 0.3) is 0 Å². The zero-order valence-electron chi connectivity index (χ0n) is 11.6. The van der Waals surface area contributed by atoms with Crippen LogP contribution in [0.2, 0.25) is 0 Å². The Balaban J connectivity index is 1.79. The quantitative estimate of drug-likeness (QED) is 0.855. The molecule has 18 heavy (non-hydrogen) atoms. The Morgan fingerprint density at radius 3 is 2.67 bits per heavy atom. The molecule has 0 aromatic heterocycles. The summed E-state index contributed by atoms with van der Waals surface area (Å²) in [6, 6.07) is 9.07. The fourth-order valence-electron chi connectivity index (χ4n) is 2.85. The van der Waals surface area contributed by atoms with E-state index in [1.54, 1.807) is 7.11 Å². The number of hydrogen-bond acceptors (Lipinski definition) is 2. The van der Waals surface area contributed by atoms with Gasteiger partial charge in [0.25, 0.3) is 0 Å². The lowest BCUT2D eigenvalue weighted by Crippen LogP contribution is -2.33. The molecule has 1 fully saturated rings. The van der Waals surface area contributed by atoms with Crippen molar-refractivity contribution < 1.29 is 4.74 Å². The second kappa shape index (κ2) is 6.79. The van der Waals surface area contributed by atoms with Crippen molar-refractivity contribution in [1.29, 1.82) is 0 Å². The van der Waals surface area contributed by atoms with E-state index in [0.29, 0.717) is 6.04 Å². The average Bonchev–Trinajstić information content (AvgIpc) is 2.46. The molecule has 0 heterocycles. The van der Waals surface area contributed by atoms with Crippen LogP contribution in [0, 0.1) is 5.92 Å². The van der Waals surface area contributed by atoms with Gasteiger partial charge in [-0.2, -0.15) is 0 Å². The Kier molecular flexibility index (Phi) is 5.06. The van der Waals surface area contributed by atoms with Gasteiger partial charge in [-0.1, -0.05) is 38.3 Å². The maximum absolute atomic E-state index is 5.17. The average molecular weight is 247 g/mol. The molecule has 0 amide bonds. The number of hydrogen-bond donors (Lipinski definition) is 1. The molecule has 1 aliphatic rings. The Labute approximate surface area is 111 Å². The second-order valence-electron chi connectivity index (χ2n) is 5.37. The number of nitrogens with one attached hydrogen (secondary N) is 1. The number of ether oxygens (including phenoxy) is 1. The van der Waals surface area contributed by atoms with Crippen molar-refractivity contribution in [3.8, 4) is 5.75 Å². The van der Waals surface area contributed by atoms with E-state index in [4.69, 9.17) is 4.74 Å². The van der Waals surface area contributed by atoms with Gasteiger partial charge in [-0.05, 0) is 36.5 Å². The van der Waals surface area contributed by atoms with Crippen LogP contribution in [0.4, 0.5) is 0 Å². The summed E-state index contributed by atoms with van der Waals surface area (Å²) in [5, 5.41) is 3.70. The van der Waals surface area contributed by atoms with Crippen molar-refractivity contribution in [3.63, 3.8) is 0 Å². The van der Waals surface area contributed by atoms with Crippen LogP contribution in [-0.2, 0) is 6.54 Å². The monoisotopic (exact) mass is 247 g/mol. The van der Waals surface area contributed by atoms with Crippen molar-refractivity contribution in [2.75, 3.05) is 7.11 Å². The van der Waals surface area contributed by atoms with Crippen LogP contribution < -0.4 is 10.1 Å². The molecule has 0 bridgehead atoms. The molecule has 2 atom stereocenters. The van der Waals surface area contributed by atoms with Gasteiger partial charge in [-0.25, -0.2) is 0 Å². The molecule has 100 valence electrons. The van der Waals surface area contributed by atoms with Crippen molar-refractivity contribution >= 4 is 0 Å². The van der Waals surface area contributed by atoms with E-state index in [9.17, 15) is 0 Å². The number of rotatable bonds is 5. The van der Waals surface area contributed by atoms with Crippen LogP contribution in [0.3, 0.4) is 0 Å². The normalized spacial score (nSPS) is 23.9. The van der Waals surface area contributed by atoms with Gasteiger partial charge in [0.05, 0.1) is 7.11 Å². The van der Waals surface area contributed by atoms with Gasteiger partial charge in [0, 0.05) is 12.6 Å². The third kappa shape index (κ3) is 3.74. The Morgan fingerprint density at radius 1 is 1.22 bits per heavy atom. The first kappa shape index (κ1) is 13.4. The highest BCUT2D eigenvalue weighted by Crippen LogP contribution is 2.26. The third-order valence-corrected chi connectivity index (χ3v) is 4.11. The summed E-state index contributed by atoms with van der Waals surface area (Å²) in [6.07, 6.45) is 6.84. The molecule has 1 aromatic rings. The van der Waals surface area contributed by atoms with Crippen molar-refractivity contribution in [1.82, 2.24) is 5.32 Å². The molecule has 2 rings (SSSR count). The molecular formula is C16H25NO. The highest BCUT2D eigenvalue weighted by atomic mass is 16.5. The lowest BCUT2D eigenvalue weighted by Gasteiger charge is -2.29. The summed E-state index contributed by atoms with van der Waals surface area (Å²) < 4.78 is 5.17. The van der Waals surface area contributed by atoms with E-state index >= 15 is 0 Å². The molecule has 1 N–H and O–H groups in total. The summed E-state index contributed by atoms with van der Waals surface area (Å²) in [5.74, 6) is 1.87. The van der Waals surface area contributed by atoms with E-state index in [1.165, 1.54) is 37.7 Å². The Morgan fingerprint density at radius 2 is 2.00 bits per heavy atom. The molecule has 1 aliphatic carbocycles. The first-order valence-electron chi connectivity index (χ1n) is 7.18. The summed E-state index contributed by atoms with van der Waals surface area (Å²) in [7, 11) is 1.71. The van der Waals surface area contributed by atoms with Gasteiger partial charge in [0.2, 0.25) is 0 Å². The SMILES string of the molecule is CCC1CCCC(NCc2ccc(OC)cc2)C1. The van der Waals surface area contributed by atoms with E-state index in [0.717, 1.165) is 18.2 Å². The fourth-order valence-corrected chi connectivity index (χ4v) is 2.85. The maximum Gasteiger partial charge on any atom is 0.118 e. The highest BCUT2D eigenvalue weighted by molar-refractivity contribution is 5.27. The van der Waals surface area contributed by atoms with E-state index < -0.39 is 0 Å². The predicted octanol–water partition coefficient (Wildman–Crippen LogP) is 3.75. The standard InChI is InChI=1S/C16H25NO/c1-3-13-5-4-6-15(11-13)17-12-14-7-9-16(18-2)10-8-14/h7-10,13,15,17H,3-6,11-12H2,1-2H3. The van der Waals surface area contributed by atoms with Gasteiger partial charge in [0.15, 0.2) is 0 Å². The van der Waals surface area contributed by atoms with E-state index in [1.807, 2.05) is 12.1 Å². The minimum atomic E-state index is 0.714. The van der Waals surface area contributed by atoms with Gasteiger partial charge < -0.3 is 10.1 Å². The molecule has 2 nitrogen and oxygen atoms in total. The zero-order valence-corrected chi connectivity index (χ0v) is 11.6. The predicted molar refractivity (Wildman–Crippen MR) is 75.9 cm³/mol. The number of benzene rings is 1. The second-order valence-corrected chi connectivity index (χ2v) is 5.37. The molecule has 0 spiro atoms. The van der Waals surface area contributed by atoms with Gasteiger partial charge >= 0.3 is 0 Å². The molecule has 0 radical (unpaired) electrons. The van der Waals surface area contributed by atoms with Crippen LogP contribution in [0.1, 0.15) is 44.6 Å². The molecule has 0 saturated heterocycles. The van der Waals surface area contributed by atoms with Crippen LogP contribution in [-0.4, -0.2) is 13.2 Å².